The number of nitrogens with two attached hydrogens (primary N) is 1. The summed E-state index contributed by atoms with van der Waals surface area (Å²) in [5, 5.41) is 0. The number of hydrogen-bond donors (Lipinski definition) is 1. The number of hydrogen-bond acceptors (Lipinski definition) is 2. The third kappa shape index (κ3) is 3.49. The van der Waals surface area contributed by atoms with Crippen LogP contribution in [0.1, 0.15) is 26.7 Å². The normalized spacial score (nSPS) is 23.0. The van der Waals surface area contributed by atoms with Crippen LogP contribution in [-0.4, -0.2) is 31.1 Å². The van der Waals surface area contributed by atoms with Crippen molar-refractivity contribution in [3.8, 4) is 0 Å². The SMILES string of the molecule is C=C(CN)CN1CCC(C)(C)CC1. The highest BCUT2D eigenvalue weighted by atomic mass is 15.1. The molecule has 1 aliphatic heterocycles. The lowest BCUT2D eigenvalue weighted by Gasteiger charge is -2.37. The maximum Gasteiger partial charge on any atom is 0.0202 e. The largest absolute Gasteiger partial charge is 0.327 e. The molecule has 0 unspecified atom stereocenters. The van der Waals surface area contributed by atoms with E-state index in [1.54, 1.807) is 0 Å². The van der Waals surface area contributed by atoms with Crippen molar-refractivity contribution in [3.63, 3.8) is 0 Å². The van der Waals surface area contributed by atoms with Crippen LogP contribution in [0.25, 0.3) is 0 Å². The Morgan fingerprint density at radius 1 is 1.38 bits per heavy atom. The highest BCUT2D eigenvalue weighted by Crippen LogP contribution is 2.29. The van der Waals surface area contributed by atoms with Gasteiger partial charge in [0.15, 0.2) is 0 Å². The molecule has 0 radical (unpaired) electrons. The Bertz CT molecular complexity index is 175. The maximum atomic E-state index is 5.52. The summed E-state index contributed by atoms with van der Waals surface area (Å²) in [5.41, 5.74) is 7.21. The zero-order valence-corrected chi connectivity index (χ0v) is 8.97. The highest BCUT2D eigenvalue weighted by Gasteiger charge is 2.24. The van der Waals surface area contributed by atoms with Crippen LogP contribution >= 0.6 is 0 Å². The molecule has 1 fully saturated rings. The highest BCUT2D eigenvalue weighted by molar-refractivity contribution is 4.99. The van der Waals surface area contributed by atoms with E-state index in [0.717, 1.165) is 12.1 Å². The van der Waals surface area contributed by atoms with Crippen molar-refractivity contribution in [2.24, 2.45) is 11.1 Å². The van der Waals surface area contributed by atoms with Gasteiger partial charge in [-0.2, -0.15) is 0 Å². The molecule has 0 amide bonds. The predicted octanol–water partition coefficient (Wildman–Crippen LogP) is 1.62. The van der Waals surface area contributed by atoms with Gasteiger partial charge in [-0.05, 0) is 36.9 Å². The van der Waals surface area contributed by atoms with Gasteiger partial charge in [0.1, 0.15) is 0 Å². The lowest BCUT2D eigenvalue weighted by atomic mass is 9.82. The quantitative estimate of drug-likeness (QED) is 0.672. The van der Waals surface area contributed by atoms with Crippen LogP contribution in [0.5, 0.6) is 0 Å². The number of rotatable bonds is 3. The first-order chi connectivity index (χ1) is 6.03. The van der Waals surface area contributed by atoms with Crippen LogP contribution in [0.15, 0.2) is 12.2 Å². The first-order valence-electron chi connectivity index (χ1n) is 5.12. The molecule has 0 saturated carbocycles. The fourth-order valence-electron chi connectivity index (χ4n) is 1.70. The molecule has 13 heavy (non-hydrogen) atoms. The topological polar surface area (TPSA) is 29.3 Å². The molecule has 1 aliphatic rings. The number of nitrogens with zero attached hydrogens (tertiary/aromatic N) is 1. The van der Waals surface area contributed by atoms with E-state index in [-0.39, 0.29) is 0 Å². The second-order valence-corrected chi connectivity index (χ2v) is 4.89. The Balaban J connectivity index is 2.29. The summed E-state index contributed by atoms with van der Waals surface area (Å²) >= 11 is 0. The minimum atomic E-state index is 0.542. The monoisotopic (exact) mass is 182 g/mol. The average Bonchev–Trinajstić information content (AvgIpc) is 2.08. The fraction of sp³-hybridized carbons (Fsp3) is 0.818. The molecule has 2 heteroatoms. The molecule has 0 atom stereocenters. The minimum absolute atomic E-state index is 0.542. The minimum Gasteiger partial charge on any atom is -0.327 e. The zero-order valence-electron chi connectivity index (χ0n) is 8.97. The van der Waals surface area contributed by atoms with Gasteiger partial charge in [0.2, 0.25) is 0 Å². The molecule has 0 aliphatic carbocycles. The van der Waals surface area contributed by atoms with E-state index >= 15 is 0 Å². The van der Waals surface area contributed by atoms with E-state index in [1.165, 1.54) is 25.9 Å². The molecule has 2 N–H and O–H groups in total. The van der Waals surface area contributed by atoms with Gasteiger partial charge in [-0.15, -0.1) is 0 Å². The predicted molar refractivity (Wildman–Crippen MR) is 57.6 cm³/mol. The fourth-order valence-corrected chi connectivity index (χ4v) is 1.70. The van der Waals surface area contributed by atoms with E-state index in [1.807, 2.05) is 0 Å². The summed E-state index contributed by atoms with van der Waals surface area (Å²) < 4.78 is 0. The summed E-state index contributed by atoms with van der Waals surface area (Å²) in [6.07, 6.45) is 2.59. The Hall–Kier alpha value is -0.340. The summed E-state index contributed by atoms with van der Waals surface area (Å²) in [7, 11) is 0. The van der Waals surface area contributed by atoms with E-state index < -0.39 is 0 Å². The maximum absolute atomic E-state index is 5.52. The first-order valence-corrected chi connectivity index (χ1v) is 5.12. The van der Waals surface area contributed by atoms with Crippen molar-refractivity contribution in [1.29, 1.82) is 0 Å². The first kappa shape index (κ1) is 10.7. The van der Waals surface area contributed by atoms with Crippen molar-refractivity contribution < 1.29 is 0 Å². The van der Waals surface area contributed by atoms with Gasteiger partial charge in [-0.25, -0.2) is 0 Å². The van der Waals surface area contributed by atoms with Crippen LogP contribution in [0.2, 0.25) is 0 Å². The molecule has 2 nitrogen and oxygen atoms in total. The van der Waals surface area contributed by atoms with Crippen LogP contribution in [0.3, 0.4) is 0 Å². The average molecular weight is 182 g/mol. The van der Waals surface area contributed by atoms with Gasteiger partial charge in [-0.1, -0.05) is 20.4 Å². The van der Waals surface area contributed by atoms with Crippen LogP contribution in [0.4, 0.5) is 0 Å². The van der Waals surface area contributed by atoms with Gasteiger partial charge in [-0.3, -0.25) is 4.90 Å². The molecular formula is C11H22N2. The molecule has 0 aromatic rings. The van der Waals surface area contributed by atoms with Gasteiger partial charge in [0.05, 0.1) is 0 Å². The summed E-state index contributed by atoms with van der Waals surface area (Å²) in [6.45, 7) is 12.7. The Morgan fingerprint density at radius 2 is 1.92 bits per heavy atom. The third-order valence-corrected chi connectivity index (χ3v) is 2.95. The second kappa shape index (κ2) is 4.25. The van der Waals surface area contributed by atoms with Crippen molar-refractivity contribution in [2.45, 2.75) is 26.7 Å². The lowest BCUT2D eigenvalue weighted by molar-refractivity contribution is 0.141. The number of likely N-dealkylation sites (tertiary alicyclic amines) is 1. The zero-order chi connectivity index (χ0) is 9.90. The van der Waals surface area contributed by atoms with Crippen molar-refractivity contribution in [2.75, 3.05) is 26.2 Å². The van der Waals surface area contributed by atoms with Crippen LogP contribution in [0, 0.1) is 5.41 Å². The van der Waals surface area contributed by atoms with Crippen LogP contribution in [-0.2, 0) is 0 Å². The smallest absolute Gasteiger partial charge is 0.0202 e. The molecule has 76 valence electrons. The molecule has 0 aromatic carbocycles. The summed E-state index contributed by atoms with van der Waals surface area (Å²) in [4.78, 5) is 2.46. The van der Waals surface area contributed by atoms with Crippen molar-refractivity contribution in [1.82, 2.24) is 4.90 Å². The van der Waals surface area contributed by atoms with Gasteiger partial charge in [0.25, 0.3) is 0 Å². The van der Waals surface area contributed by atoms with Gasteiger partial charge >= 0.3 is 0 Å². The Labute approximate surface area is 81.8 Å². The van der Waals surface area contributed by atoms with E-state index in [2.05, 4.69) is 25.3 Å². The molecule has 1 rings (SSSR count). The summed E-state index contributed by atoms with van der Waals surface area (Å²) in [5.74, 6) is 0. The van der Waals surface area contributed by atoms with Crippen LogP contribution < -0.4 is 5.73 Å². The standard InChI is InChI=1S/C11H22N2/c1-10(8-12)9-13-6-4-11(2,3)5-7-13/h1,4-9,12H2,2-3H3. The second-order valence-electron chi connectivity index (χ2n) is 4.89. The number of piperidine rings is 1. The summed E-state index contributed by atoms with van der Waals surface area (Å²) in [6, 6.07) is 0. The van der Waals surface area contributed by atoms with Gasteiger partial charge < -0.3 is 5.73 Å². The molecular weight excluding hydrogens is 160 g/mol. The molecule has 0 spiro atoms. The van der Waals surface area contributed by atoms with Gasteiger partial charge in [0, 0.05) is 13.1 Å². The molecule has 1 saturated heterocycles. The third-order valence-electron chi connectivity index (χ3n) is 2.95. The van der Waals surface area contributed by atoms with Crippen molar-refractivity contribution in [3.05, 3.63) is 12.2 Å². The molecule has 1 heterocycles. The lowest BCUT2D eigenvalue weighted by Crippen LogP contribution is -2.38. The Morgan fingerprint density at radius 3 is 2.38 bits per heavy atom. The van der Waals surface area contributed by atoms with Crippen molar-refractivity contribution >= 4 is 0 Å². The molecule has 0 bridgehead atoms. The van der Waals surface area contributed by atoms with E-state index in [4.69, 9.17) is 5.73 Å². The Kier molecular flexibility index (Phi) is 3.51. The van der Waals surface area contributed by atoms with E-state index in [9.17, 15) is 0 Å². The molecule has 0 aromatic heterocycles. The van der Waals surface area contributed by atoms with E-state index in [0.29, 0.717) is 12.0 Å².